The molecule has 5 nitrogen and oxygen atoms in total. The van der Waals surface area contributed by atoms with Crippen LogP contribution in [0.3, 0.4) is 0 Å². The Morgan fingerprint density at radius 1 is 1.40 bits per heavy atom. The summed E-state index contributed by atoms with van der Waals surface area (Å²) in [5.74, 6) is -1.54. The Kier molecular flexibility index (Phi) is 6.25. The molecule has 0 spiro atoms. The number of carboxylic acids is 1. The third-order valence-electron chi connectivity index (χ3n) is 4.17. The van der Waals surface area contributed by atoms with Crippen LogP contribution in [0.2, 0.25) is 0 Å². The highest BCUT2D eigenvalue weighted by molar-refractivity contribution is 5.63. The van der Waals surface area contributed by atoms with E-state index >= 15 is 0 Å². The van der Waals surface area contributed by atoms with Crippen molar-refractivity contribution in [2.24, 2.45) is 0 Å². The Morgan fingerprint density at radius 3 is 2.72 bits per heavy atom. The number of benzene rings is 1. The maximum Gasteiger partial charge on any atom is 0.300 e. The molecule has 1 aromatic carbocycles. The van der Waals surface area contributed by atoms with E-state index in [1.807, 2.05) is 10.8 Å². The minimum absolute atomic E-state index is 0.0221. The molecule has 2 aromatic rings. The summed E-state index contributed by atoms with van der Waals surface area (Å²) in [5.41, 5.74) is 0.408. The first-order valence-corrected chi connectivity index (χ1v) is 8.22. The van der Waals surface area contributed by atoms with E-state index in [0.717, 1.165) is 26.3 Å². The number of carbonyl (C=O) groups is 1. The molecule has 0 aliphatic carbocycles. The molecule has 1 saturated heterocycles. The van der Waals surface area contributed by atoms with E-state index in [4.69, 9.17) is 9.90 Å². The average Bonchev–Trinajstić information content (AvgIpc) is 3.00. The van der Waals surface area contributed by atoms with Gasteiger partial charge in [0.2, 0.25) is 0 Å². The van der Waals surface area contributed by atoms with E-state index in [2.05, 4.69) is 17.2 Å². The molecule has 2 heterocycles. The number of aliphatic carboxylic acids is 1. The lowest BCUT2D eigenvalue weighted by atomic mass is 9.99. The third-order valence-corrected chi connectivity index (χ3v) is 4.17. The number of aryl methyl sites for hydroxylation is 1. The van der Waals surface area contributed by atoms with Crippen LogP contribution in [0, 0.1) is 18.6 Å². The zero-order chi connectivity index (χ0) is 18.6. The fourth-order valence-corrected chi connectivity index (χ4v) is 3.02. The lowest BCUT2D eigenvalue weighted by Crippen LogP contribution is -2.36. The second kappa shape index (κ2) is 8.20. The number of hydrogen-bond acceptors (Lipinski definition) is 3. The number of imidazole rings is 1. The van der Waals surface area contributed by atoms with E-state index in [-0.39, 0.29) is 11.6 Å². The lowest BCUT2D eigenvalue weighted by molar-refractivity contribution is -0.134. The van der Waals surface area contributed by atoms with Crippen molar-refractivity contribution in [3.05, 3.63) is 41.7 Å². The molecule has 0 amide bonds. The molecule has 1 aromatic heterocycles. The zero-order valence-corrected chi connectivity index (χ0v) is 14.6. The van der Waals surface area contributed by atoms with Crippen LogP contribution in [0.5, 0.6) is 0 Å². The number of carboxylic acid groups (broad SMARTS) is 1. The quantitative estimate of drug-likeness (QED) is 0.868. The van der Waals surface area contributed by atoms with Crippen molar-refractivity contribution in [2.45, 2.75) is 45.7 Å². The monoisotopic (exact) mass is 351 g/mol. The van der Waals surface area contributed by atoms with Crippen LogP contribution in [-0.2, 0) is 4.79 Å². The molecule has 7 heteroatoms. The van der Waals surface area contributed by atoms with Crippen LogP contribution in [-0.4, -0.2) is 33.2 Å². The van der Waals surface area contributed by atoms with E-state index in [9.17, 15) is 8.78 Å². The van der Waals surface area contributed by atoms with E-state index in [1.165, 1.54) is 12.1 Å². The van der Waals surface area contributed by atoms with Crippen LogP contribution in [0.25, 0.3) is 11.4 Å². The van der Waals surface area contributed by atoms with Gasteiger partial charge >= 0.3 is 0 Å². The lowest BCUT2D eigenvalue weighted by Gasteiger charge is -2.30. The molecule has 0 radical (unpaired) electrons. The minimum Gasteiger partial charge on any atom is -0.481 e. The van der Waals surface area contributed by atoms with Crippen LogP contribution in [0.1, 0.15) is 38.3 Å². The van der Waals surface area contributed by atoms with Crippen molar-refractivity contribution in [3.8, 4) is 11.4 Å². The number of nitrogens with zero attached hydrogens (tertiary/aromatic N) is 2. The molecular weight excluding hydrogens is 328 g/mol. The van der Waals surface area contributed by atoms with Gasteiger partial charge in [-0.3, -0.25) is 4.79 Å². The second-order valence-electron chi connectivity index (χ2n) is 6.26. The van der Waals surface area contributed by atoms with Crippen LogP contribution >= 0.6 is 0 Å². The van der Waals surface area contributed by atoms with Gasteiger partial charge < -0.3 is 15.0 Å². The molecule has 1 aliphatic heterocycles. The number of halogens is 2. The van der Waals surface area contributed by atoms with E-state index in [1.54, 1.807) is 13.1 Å². The van der Waals surface area contributed by atoms with Gasteiger partial charge in [-0.2, -0.15) is 0 Å². The number of piperidine rings is 1. The van der Waals surface area contributed by atoms with Gasteiger partial charge in [-0.15, -0.1) is 0 Å². The van der Waals surface area contributed by atoms with Crippen molar-refractivity contribution in [3.63, 3.8) is 0 Å². The van der Waals surface area contributed by atoms with Crippen LogP contribution in [0.15, 0.2) is 24.5 Å². The van der Waals surface area contributed by atoms with Gasteiger partial charge in [0.1, 0.15) is 17.5 Å². The Hall–Kier alpha value is -2.28. The summed E-state index contributed by atoms with van der Waals surface area (Å²) < 4.78 is 30.4. The van der Waals surface area contributed by atoms with Gasteiger partial charge in [0.25, 0.3) is 5.97 Å². The van der Waals surface area contributed by atoms with Gasteiger partial charge in [0.05, 0.1) is 5.56 Å². The van der Waals surface area contributed by atoms with E-state index < -0.39 is 17.6 Å². The molecular formula is C18H23F2N3O2. The number of nitrogens with one attached hydrogen (secondary N) is 1. The molecule has 1 fully saturated rings. The summed E-state index contributed by atoms with van der Waals surface area (Å²) in [7, 11) is 0. The molecule has 3 rings (SSSR count). The Bertz CT molecular complexity index is 742. The fraction of sp³-hybridized carbons (Fsp3) is 0.444. The summed E-state index contributed by atoms with van der Waals surface area (Å²) in [6.07, 6.45) is 5.30. The Morgan fingerprint density at radius 2 is 2.08 bits per heavy atom. The molecule has 2 atom stereocenters. The highest BCUT2D eigenvalue weighted by Crippen LogP contribution is 2.31. The number of aromatic nitrogens is 2. The van der Waals surface area contributed by atoms with Crippen LogP contribution < -0.4 is 5.32 Å². The number of hydrogen-bond donors (Lipinski definition) is 2. The molecule has 2 N–H and O–H groups in total. The Labute approximate surface area is 145 Å². The van der Waals surface area contributed by atoms with E-state index in [0.29, 0.717) is 17.4 Å². The van der Waals surface area contributed by atoms with Crippen molar-refractivity contribution < 1.29 is 18.7 Å². The minimum atomic E-state index is -0.833. The van der Waals surface area contributed by atoms with Crippen molar-refractivity contribution in [2.75, 3.05) is 6.54 Å². The summed E-state index contributed by atoms with van der Waals surface area (Å²) in [6, 6.07) is 3.37. The fourth-order valence-electron chi connectivity index (χ4n) is 3.02. The van der Waals surface area contributed by atoms with Gasteiger partial charge in [-0.05, 0) is 44.9 Å². The highest BCUT2D eigenvalue weighted by atomic mass is 19.1. The highest BCUT2D eigenvalue weighted by Gasteiger charge is 2.25. The predicted molar refractivity (Wildman–Crippen MR) is 91.4 cm³/mol. The standard InChI is InChI=1S/C16H19F2N3.C2H4O2/c1-10-3-4-13(17)14(15(10)18)16-20-7-8-21(16)12-5-6-19-11(2)9-12;1-2(3)4/h3-4,7-8,11-12,19H,5-6,9H2,1-2H3;1H3,(H,3,4)/t11-,12-;/m1./s1. The molecule has 0 unspecified atom stereocenters. The third kappa shape index (κ3) is 4.63. The smallest absolute Gasteiger partial charge is 0.300 e. The maximum atomic E-state index is 14.3. The first-order chi connectivity index (χ1) is 11.8. The maximum absolute atomic E-state index is 14.3. The van der Waals surface area contributed by atoms with Gasteiger partial charge in [-0.25, -0.2) is 13.8 Å². The number of rotatable bonds is 2. The summed E-state index contributed by atoms with van der Waals surface area (Å²) in [5, 5.41) is 10.8. The first-order valence-electron chi connectivity index (χ1n) is 8.22. The normalized spacial score (nSPS) is 19.9. The molecule has 1 aliphatic rings. The SMILES string of the molecule is CC(=O)O.Cc1ccc(F)c(-c2nccn2[C@@H]2CCN[C@H](C)C2)c1F. The summed E-state index contributed by atoms with van der Waals surface area (Å²) in [6.45, 7) is 5.75. The predicted octanol–water partition coefficient (Wildman–Crippen LogP) is 3.54. The van der Waals surface area contributed by atoms with Gasteiger partial charge in [0, 0.05) is 31.4 Å². The van der Waals surface area contributed by atoms with Crippen molar-refractivity contribution in [1.29, 1.82) is 0 Å². The first kappa shape index (κ1) is 19.1. The van der Waals surface area contributed by atoms with Crippen molar-refractivity contribution in [1.82, 2.24) is 14.9 Å². The Balaban J connectivity index is 0.000000511. The average molecular weight is 351 g/mol. The summed E-state index contributed by atoms with van der Waals surface area (Å²) in [4.78, 5) is 13.2. The molecule has 0 bridgehead atoms. The topological polar surface area (TPSA) is 67.1 Å². The molecule has 25 heavy (non-hydrogen) atoms. The molecule has 0 saturated carbocycles. The van der Waals surface area contributed by atoms with Crippen LogP contribution in [0.4, 0.5) is 8.78 Å². The second-order valence-corrected chi connectivity index (χ2v) is 6.26. The van der Waals surface area contributed by atoms with Gasteiger partial charge in [0.15, 0.2) is 0 Å². The zero-order valence-electron chi connectivity index (χ0n) is 14.6. The molecule has 136 valence electrons. The summed E-state index contributed by atoms with van der Waals surface area (Å²) >= 11 is 0. The largest absolute Gasteiger partial charge is 0.481 e. The van der Waals surface area contributed by atoms with Crippen molar-refractivity contribution >= 4 is 5.97 Å². The van der Waals surface area contributed by atoms with Gasteiger partial charge in [-0.1, -0.05) is 6.07 Å².